The molecule has 0 aliphatic carbocycles. The normalized spacial score (nSPS) is 9.92. The summed E-state index contributed by atoms with van der Waals surface area (Å²) in [6.07, 6.45) is 0.535. The number of rotatable bonds is 2. The van der Waals surface area contributed by atoms with Crippen molar-refractivity contribution in [3.63, 3.8) is 0 Å². The van der Waals surface area contributed by atoms with E-state index in [0.29, 0.717) is 6.29 Å². The highest BCUT2D eigenvalue weighted by Gasteiger charge is 2.06. The van der Waals surface area contributed by atoms with Gasteiger partial charge in [-0.25, -0.2) is 8.78 Å². The van der Waals surface area contributed by atoms with E-state index < -0.39 is 11.6 Å². The molecule has 0 N–H and O–H groups in total. The molecule has 1 aromatic carbocycles. The van der Waals surface area contributed by atoms with E-state index in [9.17, 15) is 13.6 Å². The lowest BCUT2D eigenvalue weighted by molar-refractivity contribution is -0.107. The van der Waals surface area contributed by atoms with Crippen LogP contribution in [-0.2, 0) is 11.2 Å². The Kier molecular flexibility index (Phi) is 2.92. The van der Waals surface area contributed by atoms with Crippen LogP contribution in [-0.4, -0.2) is 6.29 Å². The Bertz CT molecular complexity index is 312. The average molecular weight is 235 g/mol. The predicted octanol–water partition coefficient (Wildman–Crippen LogP) is 2.47. The van der Waals surface area contributed by atoms with Crippen LogP contribution in [0, 0.1) is 11.6 Å². The first-order valence-electron chi connectivity index (χ1n) is 3.22. The monoisotopic (exact) mass is 234 g/mol. The molecule has 0 atom stereocenters. The second kappa shape index (κ2) is 3.76. The Labute approximate surface area is 76.5 Å². The minimum Gasteiger partial charge on any atom is -0.303 e. The van der Waals surface area contributed by atoms with E-state index in [1.807, 2.05) is 0 Å². The molecule has 4 heteroatoms. The topological polar surface area (TPSA) is 17.1 Å². The van der Waals surface area contributed by atoms with Gasteiger partial charge in [0.05, 0.1) is 4.47 Å². The van der Waals surface area contributed by atoms with Crippen molar-refractivity contribution in [3.8, 4) is 0 Å². The zero-order valence-corrected chi connectivity index (χ0v) is 7.57. The van der Waals surface area contributed by atoms with Crippen LogP contribution < -0.4 is 0 Å². The first-order valence-corrected chi connectivity index (χ1v) is 4.01. The van der Waals surface area contributed by atoms with E-state index >= 15 is 0 Å². The maximum absolute atomic E-state index is 12.8. The van der Waals surface area contributed by atoms with Crippen molar-refractivity contribution in [2.75, 3.05) is 0 Å². The third-order valence-electron chi connectivity index (χ3n) is 1.39. The molecular weight excluding hydrogens is 230 g/mol. The molecule has 1 nitrogen and oxygen atoms in total. The minimum atomic E-state index is -0.692. The van der Waals surface area contributed by atoms with E-state index in [2.05, 4.69) is 15.9 Å². The van der Waals surface area contributed by atoms with Crippen LogP contribution in [0.5, 0.6) is 0 Å². The van der Waals surface area contributed by atoms with Gasteiger partial charge in [-0.3, -0.25) is 0 Å². The Hall–Kier alpha value is -0.770. The molecule has 0 saturated heterocycles. The van der Waals surface area contributed by atoms with Crippen LogP contribution in [0.15, 0.2) is 16.6 Å². The fraction of sp³-hybridized carbons (Fsp3) is 0.125. The first kappa shape index (κ1) is 9.32. The number of hydrogen-bond donors (Lipinski definition) is 0. The Morgan fingerprint density at radius 3 is 2.58 bits per heavy atom. The number of hydrogen-bond acceptors (Lipinski definition) is 1. The summed E-state index contributed by atoms with van der Waals surface area (Å²) in [5, 5.41) is 0. The highest BCUT2D eigenvalue weighted by molar-refractivity contribution is 9.10. The fourth-order valence-corrected chi connectivity index (χ4v) is 1.20. The van der Waals surface area contributed by atoms with Crippen LogP contribution >= 0.6 is 15.9 Å². The third kappa shape index (κ3) is 1.88. The zero-order valence-electron chi connectivity index (χ0n) is 5.98. The molecule has 0 aliphatic heterocycles. The Morgan fingerprint density at radius 1 is 1.33 bits per heavy atom. The van der Waals surface area contributed by atoms with Gasteiger partial charge in [0.15, 0.2) is 0 Å². The van der Waals surface area contributed by atoms with Crippen LogP contribution in [0.2, 0.25) is 0 Å². The lowest BCUT2D eigenvalue weighted by Gasteiger charge is -2.00. The summed E-state index contributed by atoms with van der Waals surface area (Å²) in [5.74, 6) is -1.36. The van der Waals surface area contributed by atoms with Crippen molar-refractivity contribution in [3.05, 3.63) is 33.8 Å². The molecule has 0 fully saturated rings. The quantitative estimate of drug-likeness (QED) is 0.568. The van der Waals surface area contributed by atoms with Gasteiger partial charge in [-0.05, 0) is 27.6 Å². The van der Waals surface area contributed by atoms with E-state index in [1.54, 1.807) is 0 Å². The minimum absolute atomic E-state index is 0.0370. The maximum atomic E-state index is 12.8. The van der Waals surface area contributed by atoms with E-state index in [0.717, 1.165) is 6.07 Å². The molecule has 0 heterocycles. The average Bonchev–Trinajstić information content (AvgIpc) is 2.01. The smallest absolute Gasteiger partial charge is 0.140 e. The van der Waals surface area contributed by atoms with Gasteiger partial charge in [-0.15, -0.1) is 0 Å². The fourth-order valence-electron chi connectivity index (χ4n) is 0.810. The number of carbonyl (C=O) groups is 1. The van der Waals surface area contributed by atoms with Crippen LogP contribution in [0.25, 0.3) is 0 Å². The molecule has 0 aromatic heterocycles. The number of halogens is 3. The Morgan fingerprint density at radius 2 is 2.00 bits per heavy atom. The van der Waals surface area contributed by atoms with Crippen molar-refractivity contribution >= 4 is 22.2 Å². The van der Waals surface area contributed by atoms with Gasteiger partial charge in [0.25, 0.3) is 0 Å². The molecular formula is C8H5BrF2O. The van der Waals surface area contributed by atoms with Gasteiger partial charge in [0.1, 0.15) is 17.9 Å². The molecule has 0 saturated carbocycles. The van der Waals surface area contributed by atoms with Crippen molar-refractivity contribution in [2.24, 2.45) is 0 Å². The van der Waals surface area contributed by atoms with Gasteiger partial charge in [0, 0.05) is 12.5 Å². The van der Waals surface area contributed by atoms with E-state index in [-0.39, 0.29) is 16.5 Å². The predicted molar refractivity (Wildman–Crippen MR) is 43.8 cm³/mol. The molecule has 0 aliphatic rings. The standard InChI is InChI=1S/C8H5BrF2O/c9-6-3-5(1-2-12)7(10)4-8(6)11/h2-4H,1H2. The largest absolute Gasteiger partial charge is 0.303 e. The molecule has 1 rings (SSSR count). The van der Waals surface area contributed by atoms with Crippen LogP contribution in [0.1, 0.15) is 5.56 Å². The van der Waals surface area contributed by atoms with Crippen LogP contribution in [0.3, 0.4) is 0 Å². The summed E-state index contributed by atoms with van der Waals surface area (Å²) in [6.45, 7) is 0. The van der Waals surface area contributed by atoms with Gasteiger partial charge in [-0.2, -0.15) is 0 Å². The van der Waals surface area contributed by atoms with Crippen molar-refractivity contribution in [2.45, 2.75) is 6.42 Å². The number of benzene rings is 1. The van der Waals surface area contributed by atoms with E-state index in [1.165, 1.54) is 6.07 Å². The molecule has 0 bridgehead atoms. The number of aldehydes is 1. The second-order valence-electron chi connectivity index (χ2n) is 2.23. The summed E-state index contributed by atoms with van der Waals surface area (Å²) in [7, 11) is 0. The van der Waals surface area contributed by atoms with Gasteiger partial charge >= 0.3 is 0 Å². The summed E-state index contributed by atoms with van der Waals surface area (Å²) in [6, 6.07) is 2.02. The summed E-state index contributed by atoms with van der Waals surface area (Å²) in [5.41, 5.74) is 0.193. The molecule has 0 unspecified atom stereocenters. The van der Waals surface area contributed by atoms with Gasteiger partial charge in [-0.1, -0.05) is 0 Å². The second-order valence-corrected chi connectivity index (χ2v) is 3.08. The molecule has 64 valence electrons. The lowest BCUT2D eigenvalue weighted by atomic mass is 10.1. The molecule has 1 aromatic rings. The lowest BCUT2D eigenvalue weighted by Crippen LogP contribution is -1.93. The van der Waals surface area contributed by atoms with Gasteiger partial charge < -0.3 is 4.79 Å². The zero-order chi connectivity index (χ0) is 9.14. The molecule has 12 heavy (non-hydrogen) atoms. The summed E-state index contributed by atoms with van der Waals surface area (Å²) >= 11 is 2.89. The van der Waals surface area contributed by atoms with Crippen molar-refractivity contribution in [1.82, 2.24) is 0 Å². The molecule has 0 radical (unpaired) electrons. The van der Waals surface area contributed by atoms with Crippen LogP contribution in [0.4, 0.5) is 8.78 Å². The first-order chi connectivity index (χ1) is 5.65. The maximum Gasteiger partial charge on any atom is 0.140 e. The molecule has 0 spiro atoms. The Balaban J connectivity index is 3.13. The number of carbonyl (C=O) groups excluding carboxylic acids is 1. The highest BCUT2D eigenvalue weighted by atomic mass is 79.9. The van der Waals surface area contributed by atoms with Gasteiger partial charge in [0.2, 0.25) is 0 Å². The van der Waals surface area contributed by atoms with E-state index in [4.69, 9.17) is 0 Å². The third-order valence-corrected chi connectivity index (χ3v) is 2.00. The molecule has 0 amide bonds. The van der Waals surface area contributed by atoms with Crippen molar-refractivity contribution < 1.29 is 13.6 Å². The summed E-state index contributed by atoms with van der Waals surface area (Å²) in [4.78, 5) is 10.0. The highest BCUT2D eigenvalue weighted by Crippen LogP contribution is 2.19. The van der Waals surface area contributed by atoms with Crippen molar-refractivity contribution in [1.29, 1.82) is 0 Å². The summed E-state index contributed by atoms with van der Waals surface area (Å²) < 4.78 is 25.6. The SMILES string of the molecule is O=CCc1cc(Br)c(F)cc1F.